The molecule has 1 amide bonds. The van der Waals surface area contributed by atoms with Crippen LogP contribution in [0.5, 0.6) is 5.75 Å². The molecule has 1 N–H and O–H groups in total. The van der Waals surface area contributed by atoms with E-state index in [-0.39, 0.29) is 18.1 Å². The van der Waals surface area contributed by atoms with E-state index in [1.54, 1.807) is 0 Å². The van der Waals surface area contributed by atoms with Gasteiger partial charge in [0, 0.05) is 18.6 Å². The predicted molar refractivity (Wildman–Crippen MR) is 90.7 cm³/mol. The monoisotopic (exact) mass is 342 g/mol. The van der Waals surface area contributed by atoms with Crippen LogP contribution in [-0.2, 0) is 4.74 Å². The second-order valence-corrected chi connectivity index (χ2v) is 6.73. The number of carbonyl (C=O) groups excluding carboxylic acids is 1. The molecule has 0 aliphatic carbocycles. The van der Waals surface area contributed by atoms with Gasteiger partial charge in [0.1, 0.15) is 11.9 Å². The van der Waals surface area contributed by atoms with Crippen LogP contribution in [0.3, 0.4) is 0 Å². The van der Waals surface area contributed by atoms with Crippen LogP contribution < -0.4 is 10.1 Å². The second-order valence-electron chi connectivity index (χ2n) is 6.73. The normalized spacial score (nSPS) is 22.3. The molecule has 1 saturated heterocycles. The Morgan fingerprint density at radius 2 is 2.12 bits per heavy atom. The molecule has 2 unspecified atom stereocenters. The lowest BCUT2D eigenvalue weighted by Gasteiger charge is -2.28. The number of aromatic nitrogens is 1. The van der Waals surface area contributed by atoms with Crippen molar-refractivity contribution in [3.05, 3.63) is 46.7 Å². The van der Waals surface area contributed by atoms with Crippen molar-refractivity contribution in [2.75, 3.05) is 13.2 Å². The van der Waals surface area contributed by atoms with Crippen molar-refractivity contribution < 1.29 is 18.7 Å². The summed E-state index contributed by atoms with van der Waals surface area (Å²) in [7, 11) is 0. The molecular formula is C19H22N2O4. The Balaban J connectivity index is 1.58. The zero-order chi connectivity index (χ0) is 17.4. The van der Waals surface area contributed by atoms with Crippen molar-refractivity contribution in [1.29, 1.82) is 0 Å². The van der Waals surface area contributed by atoms with E-state index in [1.165, 1.54) is 6.39 Å². The van der Waals surface area contributed by atoms with E-state index < -0.39 is 0 Å². The topological polar surface area (TPSA) is 73.6 Å². The summed E-state index contributed by atoms with van der Waals surface area (Å²) in [6.07, 6.45) is 3.70. The maximum atomic E-state index is 12.8. The Bertz CT molecular complexity index is 793. The first-order chi connectivity index (χ1) is 12.1. The highest BCUT2D eigenvalue weighted by atomic mass is 16.5. The average molecular weight is 342 g/mol. The number of oxazole rings is 1. The first-order valence-corrected chi connectivity index (χ1v) is 8.73. The fourth-order valence-corrected chi connectivity index (χ4v) is 3.69. The molecule has 2 atom stereocenters. The first-order valence-electron chi connectivity index (χ1n) is 8.73. The van der Waals surface area contributed by atoms with E-state index in [0.29, 0.717) is 24.7 Å². The summed E-state index contributed by atoms with van der Waals surface area (Å²) in [6.45, 7) is 5.36. The fourth-order valence-electron chi connectivity index (χ4n) is 3.69. The van der Waals surface area contributed by atoms with Crippen LogP contribution in [0.15, 0.2) is 22.9 Å². The molecule has 25 heavy (non-hydrogen) atoms. The van der Waals surface area contributed by atoms with E-state index in [9.17, 15) is 4.79 Å². The van der Waals surface area contributed by atoms with Crippen molar-refractivity contribution >= 4 is 5.91 Å². The lowest BCUT2D eigenvalue weighted by molar-refractivity contribution is 0.0846. The van der Waals surface area contributed by atoms with Crippen LogP contribution in [-0.4, -0.2) is 24.1 Å². The maximum absolute atomic E-state index is 12.8. The summed E-state index contributed by atoms with van der Waals surface area (Å²) in [5.74, 6) is 1.18. The second kappa shape index (κ2) is 6.52. The number of carbonyl (C=O) groups is 1. The molecule has 0 bridgehead atoms. The summed E-state index contributed by atoms with van der Waals surface area (Å²) in [6, 6.07) is 4.08. The summed E-state index contributed by atoms with van der Waals surface area (Å²) in [5, 5.41) is 3.10. The summed E-state index contributed by atoms with van der Waals surface area (Å²) >= 11 is 0. The number of nitrogens with one attached hydrogen (secondary N) is 1. The van der Waals surface area contributed by atoms with E-state index in [0.717, 1.165) is 41.7 Å². The van der Waals surface area contributed by atoms with E-state index >= 15 is 0 Å². The lowest BCUT2D eigenvalue weighted by atomic mass is 9.95. The first kappa shape index (κ1) is 16.1. The maximum Gasteiger partial charge on any atom is 0.274 e. The molecule has 6 heteroatoms. The van der Waals surface area contributed by atoms with E-state index in [2.05, 4.69) is 22.4 Å². The third kappa shape index (κ3) is 3.02. The van der Waals surface area contributed by atoms with Crippen LogP contribution in [0.25, 0.3) is 0 Å². The van der Waals surface area contributed by atoms with Gasteiger partial charge in [-0.15, -0.1) is 0 Å². The largest absolute Gasteiger partial charge is 0.493 e. The van der Waals surface area contributed by atoms with Gasteiger partial charge in [0.15, 0.2) is 17.8 Å². The molecule has 1 aromatic heterocycles. The number of rotatable bonds is 3. The van der Waals surface area contributed by atoms with E-state index in [4.69, 9.17) is 13.9 Å². The molecule has 1 fully saturated rings. The minimum atomic E-state index is -0.226. The Morgan fingerprint density at radius 1 is 1.24 bits per heavy atom. The molecule has 3 heterocycles. The number of aryl methyl sites for hydroxylation is 2. The van der Waals surface area contributed by atoms with Crippen LogP contribution >= 0.6 is 0 Å². The molecule has 132 valence electrons. The van der Waals surface area contributed by atoms with Crippen molar-refractivity contribution in [2.45, 2.75) is 45.3 Å². The Morgan fingerprint density at radius 3 is 2.92 bits per heavy atom. The number of ether oxygens (including phenoxy) is 2. The van der Waals surface area contributed by atoms with Crippen LogP contribution in [0, 0.1) is 13.8 Å². The summed E-state index contributed by atoms with van der Waals surface area (Å²) < 4.78 is 16.9. The summed E-state index contributed by atoms with van der Waals surface area (Å²) in [4.78, 5) is 16.9. The van der Waals surface area contributed by atoms with Crippen LogP contribution in [0.1, 0.15) is 64.3 Å². The van der Waals surface area contributed by atoms with Crippen molar-refractivity contribution in [1.82, 2.24) is 10.3 Å². The third-order valence-corrected chi connectivity index (χ3v) is 4.81. The number of benzene rings is 1. The van der Waals surface area contributed by atoms with Gasteiger partial charge in [0.2, 0.25) is 0 Å². The SMILES string of the molecule is Cc1cc(C)c2c(c1)C(NC(=O)c1ncoc1C1CCCO1)CCO2. The molecule has 2 aromatic rings. The Labute approximate surface area is 146 Å². The van der Waals surface area contributed by atoms with Gasteiger partial charge in [0.05, 0.1) is 12.6 Å². The van der Waals surface area contributed by atoms with Gasteiger partial charge in [-0.3, -0.25) is 4.79 Å². The van der Waals surface area contributed by atoms with Crippen LogP contribution in [0.2, 0.25) is 0 Å². The number of amides is 1. The average Bonchev–Trinajstić information content (AvgIpc) is 3.26. The third-order valence-electron chi connectivity index (χ3n) is 4.81. The Hall–Kier alpha value is -2.34. The van der Waals surface area contributed by atoms with Crippen molar-refractivity contribution in [3.8, 4) is 5.75 Å². The highest BCUT2D eigenvalue weighted by Crippen LogP contribution is 2.36. The highest BCUT2D eigenvalue weighted by Gasteiger charge is 2.31. The van der Waals surface area contributed by atoms with Gasteiger partial charge in [-0.25, -0.2) is 4.98 Å². The Kier molecular flexibility index (Phi) is 4.21. The number of hydrogen-bond acceptors (Lipinski definition) is 5. The molecule has 2 aliphatic heterocycles. The zero-order valence-electron chi connectivity index (χ0n) is 14.5. The molecule has 6 nitrogen and oxygen atoms in total. The molecule has 2 aliphatic rings. The van der Waals surface area contributed by atoms with Gasteiger partial charge >= 0.3 is 0 Å². The van der Waals surface area contributed by atoms with Crippen molar-refractivity contribution in [2.24, 2.45) is 0 Å². The van der Waals surface area contributed by atoms with Gasteiger partial charge < -0.3 is 19.2 Å². The molecule has 0 radical (unpaired) electrons. The molecular weight excluding hydrogens is 320 g/mol. The standard InChI is InChI=1S/C19H22N2O4/c1-11-8-12(2)17-13(9-11)14(5-7-24-17)21-19(22)16-18(25-10-20-16)15-4-3-6-23-15/h8-10,14-15H,3-7H2,1-2H3,(H,21,22). The zero-order valence-corrected chi connectivity index (χ0v) is 14.5. The lowest BCUT2D eigenvalue weighted by Crippen LogP contribution is -2.33. The minimum Gasteiger partial charge on any atom is -0.493 e. The van der Waals surface area contributed by atoms with E-state index in [1.807, 2.05) is 13.8 Å². The van der Waals surface area contributed by atoms with Gasteiger partial charge in [-0.1, -0.05) is 17.7 Å². The predicted octanol–water partition coefficient (Wildman–Crippen LogP) is 3.40. The molecule has 0 spiro atoms. The fraction of sp³-hybridized carbons (Fsp3) is 0.474. The molecule has 4 rings (SSSR count). The van der Waals surface area contributed by atoms with Crippen LogP contribution in [0.4, 0.5) is 0 Å². The van der Waals surface area contributed by atoms with Crippen molar-refractivity contribution in [3.63, 3.8) is 0 Å². The molecule has 0 saturated carbocycles. The van der Waals surface area contributed by atoms with Gasteiger partial charge in [0.25, 0.3) is 5.91 Å². The smallest absolute Gasteiger partial charge is 0.274 e. The number of hydrogen-bond donors (Lipinski definition) is 1. The van der Waals surface area contributed by atoms with Gasteiger partial charge in [-0.2, -0.15) is 0 Å². The van der Waals surface area contributed by atoms with Gasteiger partial charge in [-0.05, 0) is 32.3 Å². The molecule has 1 aromatic carbocycles. The highest BCUT2D eigenvalue weighted by molar-refractivity contribution is 5.93. The quantitative estimate of drug-likeness (QED) is 0.925. The minimum absolute atomic E-state index is 0.0936. The number of nitrogens with zero attached hydrogens (tertiary/aromatic N) is 1. The summed E-state index contributed by atoms with van der Waals surface area (Å²) in [5.41, 5.74) is 3.60. The number of fused-ring (bicyclic) bond motifs is 1.